The molecule has 32 heavy (non-hydrogen) atoms. The molecule has 3 aromatic rings. The van der Waals surface area contributed by atoms with Gasteiger partial charge in [0.05, 0.1) is 35.5 Å². The van der Waals surface area contributed by atoms with Crippen LogP contribution in [0.1, 0.15) is 48.8 Å². The second-order valence-electron chi connectivity index (χ2n) is 8.58. The van der Waals surface area contributed by atoms with E-state index in [1.807, 2.05) is 10.9 Å². The molecule has 1 amide bonds. The van der Waals surface area contributed by atoms with Crippen molar-refractivity contribution in [1.82, 2.24) is 14.8 Å². The van der Waals surface area contributed by atoms with Crippen LogP contribution in [-0.4, -0.2) is 38.5 Å². The Labute approximate surface area is 182 Å². The fourth-order valence-electron chi connectivity index (χ4n) is 3.82. The number of aliphatic hydroxyl groups is 1. The molecule has 1 aliphatic rings. The Morgan fingerprint density at radius 1 is 1.25 bits per heavy atom. The van der Waals surface area contributed by atoms with Crippen molar-refractivity contribution in [2.45, 2.75) is 44.5 Å². The zero-order chi connectivity index (χ0) is 23.3. The molecular weight excluding hydrogens is 425 g/mol. The average Bonchev–Trinajstić information content (AvgIpc) is 3.06. The van der Waals surface area contributed by atoms with Crippen LogP contribution in [0.4, 0.5) is 18.9 Å². The molecule has 2 aromatic heterocycles. The maximum absolute atomic E-state index is 12.9. The molecule has 1 saturated carbocycles. The highest BCUT2D eigenvalue weighted by Gasteiger charge is 2.40. The maximum atomic E-state index is 12.9. The third-order valence-electron chi connectivity index (χ3n) is 5.90. The number of anilines is 1. The van der Waals surface area contributed by atoms with Gasteiger partial charge in [0.25, 0.3) is 5.91 Å². The number of alkyl halides is 3. The lowest BCUT2D eigenvalue weighted by Gasteiger charge is -2.42. The summed E-state index contributed by atoms with van der Waals surface area (Å²) in [4.78, 5) is 16.3. The summed E-state index contributed by atoms with van der Waals surface area (Å²) in [5, 5.41) is 18.0. The average molecular weight is 448 g/mol. The van der Waals surface area contributed by atoms with Gasteiger partial charge >= 0.3 is 6.18 Å². The number of rotatable bonds is 5. The molecule has 10 heteroatoms. The number of carbonyl (C=O) groups excluding carboxylic acids is 1. The number of aromatic nitrogens is 3. The van der Waals surface area contributed by atoms with Gasteiger partial charge in [-0.2, -0.15) is 18.3 Å². The second kappa shape index (κ2) is 7.77. The topological polar surface area (TPSA) is 89.3 Å². The summed E-state index contributed by atoms with van der Waals surface area (Å²) in [6, 6.07) is 4.99. The van der Waals surface area contributed by atoms with E-state index in [2.05, 4.69) is 15.4 Å². The first kappa shape index (κ1) is 22.1. The number of amides is 1. The molecule has 2 heterocycles. The number of benzene rings is 1. The van der Waals surface area contributed by atoms with Crippen molar-refractivity contribution in [3.8, 4) is 5.75 Å². The van der Waals surface area contributed by atoms with Gasteiger partial charge in [0.15, 0.2) is 0 Å². The van der Waals surface area contributed by atoms with Gasteiger partial charge in [-0.3, -0.25) is 14.5 Å². The monoisotopic (exact) mass is 448 g/mol. The molecular formula is C22H23F3N4O3. The van der Waals surface area contributed by atoms with E-state index in [1.165, 1.54) is 7.11 Å². The van der Waals surface area contributed by atoms with Crippen molar-refractivity contribution in [2.75, 3.05) is 12.4 Å². The van der Waals surface area contributed by atoms with E-state index >= 15 is 0 Å². The van der Waals surface area contributed by atoms with Crippen LogP contribution in [0, 0.1) is 5.92 Å². The largest absolute Gasteiger partial charge is 0.494 e. The molecule has 1 fully saturated rings. The molecule has 7 nitrogen and oxygen atoms in total. The SMILES string of the molecule is COc1cc2nn([C@H]3C[C@H](C(C)(C)O)C3)cc2cc1NC(=O)c1cc(C(F)(F)F)ccn1. The predicted molar refractivity (Wildman–Crippen MR) is 112 cm³/mol. The number of fused-ring (bicyclic) bond motifs is 1. The number of nitrogens with one attached hydrogen (secondary N) is 1. The normalized spacial score (nSPS) is 19.0. The Morgan fingerprint density at radius 2 is 1.97 bits per heavy atom. The molecule has 0 radical (unpaired) electrons. The number of carbonyl (C=O) groups is 1. The summed E-state index contributed by atoms with van der Waals surface area (Å²) >= 11 is 0. The Hall–Kier alpha value is -3.14. The highest BCUT2D eigenvalue weighted by Crippen LogP contribution is 2.44. The lowest BCUT2D eigenvalue weighted by Crippen LogP contribution is -2.41. The number of nitrogens with zero attached hydrogens (tertiary/aromatic N) is 3. The van der Waals surface area contributed by atoms with Gasteiger partial charge in [-0.15, -0.1) is 0 Å². The lowest BCUT2D eigenvalue weighted by molar-refractivity contribution is -0.137. The van der Waals surface area contributed by atoms with Gasteiger partial charge in [0, 0.05) is 23.8 Å². The first-order valence-electron chi connectivity index (χ1n) is 10.1. The van der Waals surface area contributed by atoms with Gasteiger partial charge in [-0.05, 0) is 50.8 Å². The van der Waals surface area contributed by atoms with Crippen LogP contribution >= 0.6 is 0 Å². The standard InChI is InChI=1S/C22H23F3N4O3/c1-21(2,31)14-7-15(8-14)29-11-12-6-17(19(32-3)10-16(12)28-29)27-20(30)18-9-13(4-5-26-18)22(23,24)25/h4-6,9-11,14-15,31H,7-8H2,1-3H3,(H,27,30)/t14-,15-. The van der Waals surface area contributed by atoms with Gasteiger partial charge in [-0.25, -0.2) is 0 Å². The van der Waals surface area contributed by atoms with E-state index in [0.717, 1.165) is 30.5 Å². The van der Waals surface area contributed by atoms with Crippen LogP contribution < -0.4 is 10.1 Å². The van der Waals surface area contributed by atoms with E-state index in [-0.39, 0.29) is 17.7 Å². The quantitative estimate of drug-likeness (QED) is 0.603. The maximum Gasteiger partial charge on any atom is 0.416 e. The Morgan fingerprint density at radius 3 is 2.59 bits per heavy atom. The van der Waals surface area contributed by atoms with Crippen LogP contribution in [0.2, 0.25) is 0 Å². The summed E-state index contributed by atoms with van der Waals surface area (Å²) in [6.45, 7) is 3.60. The molecule has 0 bridgehead atoms. The van der Waals surface area contributed by atoms with Crippen molar-refractivity contribution >= 4 is 22.5 Å². The molecule has 1 aliphatic carbocycles. The molecule has 2 N–H and O–H groups in total. The molecule has 4 rings (SSSR count). The number of methoxy groups -OCH3 is 1. The highest BCUT2D eigenvalue weighted by molar-refractivity contribution is 6.05. The summed E-state index contributed by atoms with van der Waals surface area (Å²) < 4.78 is 46.0. The Kier molecular flexibility index (Phi) is 5.36. The first-order chi connectivity index (χ1) is 15.0. The molecule has 0 atom stereocenters. The van der Waals surface area contributed by atoms with E-state index in [0.29, 0.717) is 23.0 Å². The van der Waals surface area contributed by atoms with Gasteiger partial charge in [0.1, 0.15) is 11.4 Å². The van der Waals surface area contributed by atoms with Crippen molar-refractivity contribution in [2.24, 2.45) is 5.92 Å². The minimum atomic E-state index is -4.57. The van der Waals surface area contributed by atoms with E-state index in [1.54, 1.807) is 26.0 Å². The Bertz CT molecular complexity index is 1160. The summed E-state index contributed by atoms with van der Waals surface area (Å²) in [5.41, 5.74) is -1.09. The molecule has 0 aliphatic heterocycles. The van der Waals surface area contributed by atoms with Crippen LogP contribution in [-0.2, 0) is 6.18 Å². The van der Waals surface area contributed by atoms with E-state index in [4.69, 9.17) is 4.74 Å². The van der Waals surface area contributed by atoms with Crippen LogP contribution in [0.15, 0.2) is 36.7 Å². The zero-order valence-electron chi connectivity index (χ0n) is 17.8. The third kappa shape index (κ3) is 4.27. The minimum absolute atomic E-state index is 0.164. The highest BCUT2D eigenvalue weighted by atomic mass is 19.4. The molecule has 0 unspecified atom stereocenters. The van der Waals surface area contributed by atoms with Crippen molar-refractivity contribution in [1.29, 1.82) is 0 Å². The molecule has 0 spiro atoms. The second-order valence-corrected chi connectivity index (χ2v) is 8.58. The Balaban J connectivity index is 1.57. The van der Waals surface area contributed by atoms with Crippen LogP contribution in [0.5, 0.6) is 5.75 Å². The minimum Gasteiger partial charge on any atom is -0.494 e. The van der Waals surface area contributed by atoms with E-state index in [9.17, 15) is 23.1 Å². The lowest BCUT2D eigenvalue weighted by atomic mass is 9.71. The summed E-state index contributed by atoms with van der Waals surface area (Å²) in [6.07, 6.45) is -0.173. The smallest absolute Gasteiger partial charge is 0.416 e. The molecule has 0 saturated heterocycles. The molecule has 170 valence electrons. The number of halogens is 3. The zero-order valence-corrected chi connectivity index (χ0v) is 17.8. The molecule has 1 aromatic carbocycles. The summed E-state index contributed by atoms with van der Waals surface area (Å²) in [7, 11) is 1.43. The van der Waals surface area contributed by atoms with E-state index < -0.39 is 23.2 Å². The van der Waals surface area contributed by atoms with Crippen molar-refractivity contribution < 1.29 is 27.8 Å². The van der Waals surface area contributed by atoms with Crippen molar-refractivity contribution in [3.63, 3.8) is 0 Å². The first-order valence-corrected chi connectivity index (χ1v) is 10.1. The van der Waals surface area contributed by atoms with Gasteiger partial charge in [0.2, 0.25) is 0 Å². The third-order valence-corrected chi connectivity index (χ3v) is 5.90. The number of ether oxygens (including phenoxy) is 1. The van der Waals surface area contributed by atoms with Gasteiger partial charge in [-0.1, -0.05) is 0 Å². The van der Waals surface area contributed by atoms with Crippen LogP contribution in [0.3, 0.4) is 0 Å². The van der Waals surface area contributed by atoms with Gasteiger partial charge < -0.3 is 15.2 Å². The van der Waals surface area contributed by atoms with Crippen molar-refractivity contribution in [3.05, 3.63) is 47.9 Å². The fourth-order valence-corrected chi connectivity index (χ4v) is 3.82. The summed E-state index contributed by atoms with van der Waals surface area (Å²) in [5.74, 6) is -0.261. The number of pyridine rings is 1. The number of hydrogen-bond donors (Lipinski definition) is 2. The fraction of sp³-hybridized carbons (Fsp3) is 0.409. The number of hydrogen-bond acceptors (Lipinski definition) is 5. The predicted octanol–water partition coefficient (Wildman–Crippen LogP) is 4.43. The van der Waals surface area contributed by atoms with Crippen LogP contribution in [0.25, 0.3) is 10.9 Å².